The van der Waals surface area contributed by atoms with Crippen molar-refractivity contribution in [1.82, 2.24) is 4.98 Å². The minimum atomic E-state index is 0.232. The Kier molecular flexibility index (Phi) is 4.73. The van der Waals surface area contributed by atoms with E-state index in [1.54, 1.807) is 6.07 Å². The first-order valence-electron chi connectivity index (χ1n) is 5.06. The van der Waals surface area contributed by atoms with E-state index in [1.165, 1.54) is 0 Å². The van der Waals surface area contributed by atoms with Crippen LogP contribution in [-0.4, -0.2) is 4.98 Å². The largest absolute Gasteiger partial charge is 0.365 e. The summed E-state index contributed by atoms with van der Waals surface area (Å²) in [6.45, 7) is 0.589. The topological polar surface area (TPSA) is 24.9 Å². The third-order valence-electron chi connectivity index (χ3n) is 2.29. The van der Waals surface area contributed by atoms with Crippen molar-refractivity contribution in [3.8, 4) is 0 Å². The molecule has 2 rings (SSSR count). The summed E-state index contributed by atoms with van der Waals surface area (Å²) in [6.07, 6.45) is 0. The molecule has 1 aromatic heterocycles. The van der Waals surface area contributed by atoms with Crippen LogP contribution in [0, 0.1) is 0 Å². The highest BCUT2D eigenvalue weighted by Crippen LogP contribution is 2.29. The van der Waals surface area contributed by atoms with E-state index in [2.05, 4.69) is 26.2 Å². The van der Waals surface area contributed by atoms with E-state index < -0.39 is 0 Å². The van der Waals surface area contributed by atoms with Crippen molar-refractivity contribution >= 4 is 56.6 Å². The van der Waals surface area contributed by atoms with E-state index in [4.69, 9.17) is 34.8 Å². The Morgan fingerprint density at radius 1 is 1.11 bits per heavy atom. The van der Waals surface area contributed by atoms with Crippen molar-refractivity contribution in [2.45, 2.75) is 6.54 Å². The molecule has 1 heterocycles. The van der Waals surface area contributed by atoms with Crippen LogP contribution in [0.2, 0.25) is 15.2 Å². The van der Waals surface area contributed by atoms with Gasteiger partial charge in [-0.15, -0.1) is 0 Å². The lowest BCUT2D eigenvalue weighted by Crippen LogP contribution is -2.02. The first kappa shape index (κ1) is 13.9. The minimum Gasteiger partial charge on any atom is -0.365 e. The van der Waals surface area contributed by atoms with Crippen molar-refractivity contribution in [3.63, 3.8) is 0 Å². The average Bonchev–Trinajstić information content (AvgIpc) is 2.34. The van der Waals surface area contributed by atoms with Gasteiger partial charge in [-0.3, -0.25) is 0 Å². The van der Waals surface area contributed by atoms with Gasteiger partial charge >= 0.3 is 0 Å². The molecule has 0 spiro atoms. The summed E-state index contributed by atoms with van der Waals surface area (Å²) in [7, 11) is 0. The maximum absolute atomic E-state index is 6.03. The zero-order valence-electron chi connectivity index (χ0n) is 9.05. The second-order valence-electron chi connectivity index (χ2n) is 3.54. The molecular formula is C12H8BrCl3N2. The SMILES string of the molecule is Clc1cc(Cl)c(NCc2ccccc2Br)nc1Cl. The molecule has 6 heteroatoms. The number of pyridine rings is 1. The molecule has 1 aromatic carbocycles. The molecule has 0 radical (unpaired) electrons. The standard InChI is InChI=1S/C12H8BrCl3N2/c13-8-4-2-1-3-7(8)6-17-12-10(15)5-9(14)11(16)18-12/h1-5H,6H2,(H,17,18). The number of nitrogens with one attached hydrogen (secondary N) is 1. The summed E-state index contributed by atoms with van der Waals surface area (Å²) in [5.74, 6) is 0.516. The molecule has 0 aliphatic carbocycles. The van der Waals surface area contributed by atoms with E-state index >= 15 is 0 Å². The van der Waals surface area contributed by atoms with Gasteiger partial charge in [-0.25, -0.2) is 4.98 Å². The molecule has 0 fully saturated rings. The summed E-state index contributed by atoms with van der Waals surface area (Å²) in [5, 5.41) is 4.14. The van der Waals surface area contributed by atoms with Crippen LogP contribution < -0.4 is 5.32 Å². The Bertz CT molecular complexity index is 575. The molecule has 18 heavy (non-hydrogen) atoms. The van der Waals surface area contributed by atoms with Crippen LogP contribution in [0.5, 0.6) is 0 Å². The second-order valence-corrected chi connectivity index (χ2v) is 5.56. The van der Waals surface area contributed by atoms with Crippen molar-refractivity contribution in [2.75, 3.05) is 5.32 Å². The lowest BCUT2D eigenvalue weighted by Gasteiger charge is -2.09. The van der Waals surface area contributed by atoms with Crippen molar-refractivity contribution in [1.29, 1.82) is 0 Å². The van der Waals surface area contributed by atoms with E-state index in [9.17, 15) is 0 Å². The normalized spacial score (nSPS) is 10.4. The van der Waals surface area contributed by atoms with Crippen molar-refractivity contribution < 1.29 is 0 Å². The summed E-state index contributed by atoms with van der Waals surface area (Å²) in [5.41, 5.74) is 1.10. The van der Waals surface area contributed by atoms with Crippen LogP contribution in [0.25, 0.3) is 0 Å². The maximum atomic E-state index is 6.03. The van der Waals surface area contributed by atoms with Crippen LogP contribution in [0.4, 0.5) is 5.82 Å². The monoisotopic (exact) mass is 364 g/mol. The lowest BCUT2D eigenvalue weighted by atomic mass is 10.2. The van der Waals surface area contributed by atoms with E-state index in [-0.39, 0.29) is 5.15 Å². The second kappa shape index (κ2) is 6.11. The Balaban J connectivity index is 2.16. The molecule has 0 aliphatic heterocycles. The number of aromatic nitrogens is 1. The molecule has 0 unspecified atom stereocenters. The van der Waals surface area contributed by atoms with Gasteiger partial charge in [-0.2, -0.15) is 0 Å². The number of halogens is 4. The number of hydrogen-bond donors (Lipinski definition) is 1. The van der Waals surface area contributed by atoms with Crippen molar-refractivity contribution in [2.24, 2.45) is 0 Å². The van der Waals surface area contributed by atoms with E-state index in [0.717, 1.165) is 10.0 Å². The van der Waals surface area contributed by atoms with Gasteiger partial charge in [0.1, 0.15) is 11.0 Å². The number of nitrogens with zero attached hydrogens (tertiary/aromatic N) is 1. The van der Waals surface area contributed by atoms with Crippen LogP contribution in [-0.2, 0) is 6.54 Å². The summed E-state index contributed by atoms with van der Waals surface area (Å²) in [4.78, 5) is 4.09. The molecule has 0 aliphatic rings. The van der Waals surface area contributed by atoms with Gasteiger partial charge in [-0.1, -0.05) is 68.9 Å². The minimum absolute atomic E-state index is 0.232. The predicted octanol–water partition coefficient (Wildman–Crippen LogP) is 5.42. The van der Waals surface area contributed by atoms with Crippen molar-refractivity contribution in [3.05, 3.63) is 55.6 Å². The highest BCUT2D eigenvalue weighted by Gasteiger charge is 2.08. The van der Waals surface area contributed by atoms with Gasteiger partial charge in [0, 0.05) is 11.0 Å². The van der Waals surface area contributed by atoms with Gasteiger partial charge < -0.3 is 5.32 Å². The van der Waals surface area contributed by atoms with Gasteiger partial charge in [-0.05, 0) is 17.7 Å². The predicted molar refractivity (Wildman–Crippen MR) is 80.7 cm³/mol. The lowest BCUT2D eigenvalue weighted by molar-refractivity contribution is 1.10. The van der Waals surface area contributed by atoms with E-state index in [0.29, 0.717) is 22.4 Å². The summed E-state index contributed by atoms with van der Waals surface area (Å²) >= 11 is 21.2. The van der Waals surface area contributed by atoms with Gasteiger partial charge in [0.15, 0.2) is 0 Å². The Labute approximate surface area is 128 Å². The summed E-state index contributed by atoms with van der Waals surface area (Å²) in [6, 6.07) is 9.47. The first-order chi connectivity index (χ1) is 8.58. The number of hydrogen-bond acceptors (Lipinski definition) is 2. The Morgan fingerprint density at radius 3 is 2.56 bits per heavy atom. The van der Waals surface area contributed by atoms with Gasteiger partial charge in [0.2, 0.25) is 0 Å². The van der Waals surface area contributed by atoms with Crippen LogP contribution in [0.1, 0.15) is 5.56 Å². The van der Waals surface area contributed by atoms with Gasteiger partial charge in [0.25, 0.3) is 0 Å². The number of benzene rings is 1. The summed E-state index contributed by atoms with van der Waals surface area (Å²) < 4.78 is 1.02. The van der Waals surface area contributed by atoms with Crippen LogP contribution >= 0.6 is 50.7 Å². The molecule has 2 aromatic rings. The van der Waals surface area contributed by atoms with Gasteiger partial charge in [0.05, 0.1) is 10.0 Å². The maximum Gasteiger partial charge on any atom is 0.150 e. The fraction of sp³-hybridized carbons (Fsp3) is 0.0833. The number of anilines is 1. The molecular weight excluding hydrogens is 358 g/mol. The zero-order chi connectivity index (χ0) is 13.1. The molecule has 0 amide bonds. The molecule has 94 valence electrons. The molecule has 0 saturated heterocycles. The molecule has 0 bridgehead atoms. The third-order valence-corrected chi connectivity index (χ3v) is 4.03. The molecule has 0 atom stereocenters. The highest BCUT2D eigenvalue weighted by atomic mass is 79.9. The third kappa shape index (κ3) is 3.29. The molecule has 1 N–H and O–H groups in total. The smallest absolute Gasteiger partial charge is 0.150 e. The molecule has 2 nitrogen and oxygen atoms in total. The highest BCUT2D eigenvalue weighted by molar-refractivity contribution is 9.10. The fourth-order valence-corrected chi connectivity index (χ4v) is 2.38. The number of rotatable bonds is 3. The Hall–Kier alpha value is -0.480. The first-order valence-corrected chi connectivity index (χ1v) is 6.99. The fourth-order valence-electron chi connectivity index (χ4n) is 1.39. The van der Waals surface area contributed by atoms with E-state index in [1.807, 2.05) is 24.3 Å². The quantitative estimate of drug-likeness (QED) is 0.734. The van der Waals surface area contributed by atoms with Crippen LogP contribution in [0.3, 0.4) is 0 Å². The van der Waals surface area contributed by atoms with Crippen LogP contribution in [0.15, 0.2) is 34.8 Å². The molecule has 0 saturated carbocycles. The Morgan fingerprint density at radius 2 is 1.83 bits per heavy atom. The zero-order valence-corrected chi connectivity index (χ0v) is 12.9. The average molecular weight is 366 g/mol.